The lowest BCUT2D eigenvalue weighted by Crippen LogP contribution is -2.51. The minimum absolute atomic E-state index is 0.474. The van der Waals surface area contributed by atoms with Crippen LogP contribution >= 0.6 is 0 Å². The lowest BCUT2D eigenvalue weighted by Gasteiger charge is -2.28. The molecule has 14 aromatic carbocycles. The molecule has 7 aromatic heterocycles. The van der Waals surface area contributed by atoms with E-state index in [1.54, 1.807) is 0 Å². The van der Waals surface area contributed by atoms with Gasteiger partial charge in [0.2, 0.25) is 0 Å². The van der Waals surface area contributed by atoms with Crippen LogP contribution in [0.4, 0.5) is 17.1 Å². The Labute approximate surface area is 585 Å². The fourth-order valence-corrected chi connectivity index (χ4v) is 16.3. The van der Waals surface area contributed by atoms with E-state index in [0.29, 0.717) is 17.5 Å². The fourth-order valence-electron chi connectivity index (χ4n) is 16.3. The second-order valence-electron chi connectivity index (χ2n) is 26.1. The molecule has 10 heteroatoms. The van der Waals surface area contributed by atoms with Crippen LogP contribution in [0.15, 0.2) is 358 Å². The average molecular weight is 1300 g/mol. The standard InChI is InChI=1S/C92H59N10/c1-5-31-60(32-6-1)88-93-89(61-33-7-2-8-34-61)95-90(94-88)85-86(97-75-48-22-13-39-65(75)66-40-14-23-49-76(66)97)91(99-79-52-26-17-43-69(79)70-44-18-27-53-80(70)99)102(101-83-56-30-21-47-73(83)74-59-64(57-58-84(74)101)96(62-35-9-3-10-36-62)63-37-11-4-12-38-63)92(100-81-54-28-19-45-71(81)72-46-20-29-55-82(72)100)87(85)98-77-50-24-15-41-67(77)68-42-16-25-51-78(68)98/h1-59H/q+1. The van der Waals surface area contributed by atoms with Gasteiger partial charge in [0.05, 0.1) is 38.7 Å². The number of hydrogen-bond donors (Lipinski definition) is 0. The van der Waals surface area contributed by atoms with Crippen LogP contribution in [0.1, 0.15) is 0 Å². The van der Waals surface area contributed by atoms with Crippen molar-refractivity contribution in [2.24, 2.45) is 0 Å². The molecule has 0 saturated carbocycles. The Bertz CT molecular complexity index is 6380. The molecule has 0 atom stereocenters. The first kappa shape index (κ1) is 57.1. The molecule has 21 rings (SSSR count). The second kappa shape index (κ2) is 22.8. The Balaban J connectivity index is 1.10. The SMILES string of the molecule is c1ccc(-c2nc(-c3ccccc3)nc(-c3c(-n4c5ccccc5c5ccccc54)c(-n4c5ccccc5c5ccccc54)[n+](-n4c5ccccc5c5cc(N(c6ccccc6)c6ccccc6)ccc54)c(-n4c5ccccc5c5ccccc54)c3-n3c4ccccc4c4ccccc43)n2)cc1. The molecule has 0 N–H and O–H groups in total. The smallest absolute Gasteiger partial charge is 0.282 e. The molecule has 476 valence electrons. The third-order valence-electron chi connectivity index (χ3n) is 20.5. The summed E-state index contributed by atoms with van der Waals surface area (Å²) < 4.78 is 15.3. The first-order valence-corrected chi connectivity index (χ1v) is 34.6. The maximum absolute atomic E-state index is 6.04. The van der Waals surface area contributed by atoms with Crippen molar-refractivity contribution >= 4 is 126 Å². The van der Waals surface area contributed by atoms with E-state index in [0.717, 1.165) is 166 Å². The van der Waals surface area contributed by atoms with Gasteiger partial charge in [0.25, 0.3) is 11.6 Å². The molecular weight excluding hydrogens is 1250 g/mol. The number of anilines is 3. The summed E-state index contributed by atoms with van der Waals surface area (Å²) in [5, 5.41) is 10.9. The van der Waals surface area contributed by atoms with Crippen LogP contribution in [0.25, 0.3) is 166 Å². The number of rotatable bonds is 11. The summed E-state index contributed by atoms with van der Waals surface area (Å²) >= 11 is 0. The maximum atomic E-state index is 6.04. The number of para-hydroxylation sites is 11. The molecule has 0 saturated heterocycles. The van der Waals surface area contributed by atoms with Gasteiger partial charge in [-0.05, 0) is 97.1 Å². The fraction of sp³-hybridized carbons (Fsp3) is 0. The van der Waals surface area contributed by atoms with Gasteiger partial charge in [-0.2, -0.15) is 4.68 Å². The van der Waals surface area contributed by atoms with E-state index in [1.165, 1.54) is 0 Å². The zero-order valence-corrected chi connectivity index (χ0v) is 55.0. The molecular formula is C92H59N10+. The van der Waals surface area contributed by atoms with Gasteiger partial charge in [0.15, 0.2) is 17.5 Å². The summed E-state index contributed by atoms with van der Waals surface area (Å²) in [5.74, 6) is 3.18. The van der Waals surface area contributed by atoms with Gasteiger partial charge in [0.1, 0.15) is 33.4 Å². The Morgan fingerprint density at radius 2 is 0.480 bits per heavy atom. The molecule has 10 nitrogen and oxygen atoms in total. The zero-order valence-electron chi connectivity index (χ0n) is 55.0. The molecule has 0 aliphatic rings. The normalized spacial score (nSPS) is 11.9. The highest BCUT2D eigenvalue weighted by Gasteiger charge is 2.42. The van der Waals surface area contributed by atoms with Crippen LogP contribution in [-0.2, 0) is 0 Å². The molecule has 0 amide bonds. The van der Waals surface area contributed by atoms with Gasteiger partial charge in [-0.25, -0.2) is 24.1 Å². The highest BCUT2D eigenvalue weighted by Crippen LogP contribution is 2.50. The molecule has 21 aromatic rings. The van der Waals surface area contributed by atoms with Crippen LogP contribution in [0.3, 0.4) is 0 Å². The third kappa shape index (κ3) is 8.53. The van der Waals surface area contributed by atoms with E-state index in [4.69, 9.17) is 15.0 Å². The van der Waals surface area contributed by atoms with Gasteiger partial charge < -0.3 is 14.0 Å². The van der Waals surface area contributed by atoms with Gasteiger partial charge in [-0.3, -0.25) is 0 Å². The van der Waals surface area contributed by atoms with Crippen LogP contribution in [0, 0.1) is 0 Å². The van der Waals surface area contributed by atoms with Crippen molar-refractivity contribution in [3.05, 3.63) is 358 Å². The first-order valence-electron chi connectivity index (χ1n) is 34.6. The number of aromatic nitrogens is 9. The van der Waals surface area contributed by atoms with Gasteiger partial charge in [-0.1, -0.05) is 261 Å². The number of hydrogen-bond acceptors (Lipinski definition) is 4. The minimum Gasteiger partial charge on any atom is -0.310 e. The third-order valence-corrected chi connectivity index (χ3v) is 20.5. The lowest BCUT2D eigenvalue weighted by molar-refractivity contribution is -0.708. The largest absolute Gasteiger partial charge is 0.310 e. The van der Waals surface area contributed by atoms with Crippen molar-refractivity contribution in [1.29, 1.82) is 0 Å². The number of nitrogens with zero attached hydrogens (tertiary/aromatic N) is 10. The second-order valence-corrected chi connectivity index (χ2v) is 26.1. The highest BCUT2D eigenvalue weighted by molar-refractivity contribution is 6.16. The van der Waals surface area contributed by atoms with E-state index in [9.17, 15) is 0 Å². The van der Waals surface area contributed by atoms with E-state index < -0.39 is 0 Å². The molecule has 0 bridgehead atoms. The Morgan fingerprint density at radius 1 is 0.216 bits per heavy atom. The number of benzene rings is 14. The zero-order chi connectivity index (χ0) is 66.9. The molecule has 0 spiro atoms. The quantitative estimate of drug-likeness (QED) is 0.121. The summed E-state index contributed by atoms with van der Waals surface area (Å²) in [6.45, 7) is 0. The number of pyridine rings is 1. The van der Waals surface area contributed by atoms with E-state index in [-0.39, 0.29) is 0 Å². The molecule has 0 fully saturated rings. The predicted molar refractivity (Wildman–Crippen MR) is 419 cm³/mol. The van der Waals surface area contributed by atoms with Crippen molar-refractivity contribution in [3.8, 4) is 57.2 Å². The van der Waals surface area contributed by atoms with Crippen molar-refractivity contribution < 1.29 is 4.68 Å². The Kier molecular flexibility index (Phi) is 12.8. The van der Waals surface area contributed by atoms with Gasteiger partial charge in [0, 0.05) is 82.1 Å². The topological polar surface area (TPSA) is 70.4 Å². The highest BCUT2D eigenvalue weighted by atomic mass is 15.5. The predicted octanol–water partition coefficient (Wildman–Crippen LogP) is 22.4. The van der Waals surface area contributed by atoms with Crippen molar-refractivity contribution in [1.82, 2.24) is 37.9 Å². The summed E-state index contributed by atoms with van der Waals surface area (Å²) in [6.07, 6.45) is 0. The van der Waals surface area contributed by atoms with Crippen LogP contribution < -0.4 is 9.58 Å². The summed E-state index contributed by atoms with van der Waals surface area (Å²) in [6, 6.07) is 129. The summed E-state index contributed by atoms with van der Waals surface area (Å²) in [4.78, 5) is 20.0. The van der Waals surface area contributed by atoms with E-state index in [1.807, 2.05) is 0 Å². The first-order chi connectivity index (χ1) is 50.7. The monoisotopic (exact) mass is 1300 g/mol. The molecule has 0 unspecified atom stereocenters. The minimum atomic E-state index is 0.474. The lowest BCUT2D eigenvalue weighted by atomic mass is 10.1. The molecule has 102 heavy (non-hydrogen) atoms. The number of fused-ring (bicyclic) bond motifs is 15. The van der Waals surface area contributed by atoms with Gasteiger partial charge in [-0.15, -0.1) is 4.68 Å². The molecule has 7 heterocycles. The Morgan fingerprint density at radius 3 is 0.824 bits per heavy atom. The average Bonchev–Trinajstić information content (AvgIpc) is 1.44. The van der Waals surface area contributed by atoms with Crippen LogP contribution in [-0.4, -0.2) is 37.9 Å². The van der Waals surface area contributed by atoms with E-state index >= 15 is 0 Å². The Hall–Kier alpha value is -14.0. The molecule has 0 radical (unpaired) electrons. The summed E-state index contributed by atoms with van der Waals surface area (Å²) in [7, 11) is 0. The van der Waals surface area contributed by atoms with Gasteiger partial charge >= 0.3 is 0 Å². The molecule has 0 aliphatic heterocycles. The van der Waals surface area contributed by atoms with Crippen LogP contribution in [0.2, 0.25) is 0 Å². The van der Waals surface area contributed by atoms with Crippen molar-refractivity contribution in [2.45, 2.75) is 0 Å². The van der Waals surface area contributed by atoms with Crippen molar-refractivity contribution in [2.75, 3.05) is 4.90 Å². The van der Waals surface area contributed by atoms with Crippen molar-refractivity contribution in [3.63, 3.8) is 0 Å². The summed E-state index contributed by atoms with van der Waals surface area (Å²) in [5.41, 5.74) is 17.2. The van der Waals surface area contributed by atoms with E-state index in [2.05, 4.69) is 390 Å². The van der Waals surface area contributed by atoms with Crippen LogP contribution in [0.5, 0.6) is 0 Å². The maximum Gasteiger partial charge on any atom is 0.282 e. The molecule has 0 aliphatic carbocycles.